The second-order valence-electron chi connectivity index (χ2n) is 2.91. The number of hydrogen-bond acceptors (Lipinski definition) is 2. The number of anilines is 1. The lowest BCUT2D eigenvalue weighted by atomic mass is 9.99. The molecule has 1 aliphatic rings. The van der Waals surface area contributed by atoms with Crippen LogP contribution in [0.4, 0.5) is 5.69 Å². The van der Waals surface area contributed by atoms with Crippen LogP contribution in [-0.4, -0.2) is 6.54 Å². The van der Waals surface area contributed by atoms with Crippen LogP contribution in [0.5, 0.6) is 0 Å². The molecule has 2 rings (SSSR count). The van der Waals surface area contributed by atoms with E-state index < -0.39 is 0 Å². The number of hydrogen-bond donors (Lipinski definition) is 2. The van der Waals surface area contributed by atoms with Gasteiger partial charge in [0.1, 0.15) is 0 Å². The van der Waals surface area contributed by atoms with Crippen molar-refractivity contribution >= 4 is 5.69 Å². The lowest BCUT2D eigenvalue weighted by molar-refractivity contribution is 0.655. The van der Waals surface area contributed by atoms with Crippen LogP contribution in [-0.2, 0) is 0 Å². The molecule has 0 aliphatic carbocycles. The summed E-state index contributed by atoms with van der Waals surface area (Å²) < 4.78 is 0. The second-order valence-corrected chi connectivity index (χ2v) is 2.91. The van der Waals surface area contributed by atoms with Crippen molar-refractivity contribution in [3.63, 3.8) is 0 Å². The van der Waals surface area contributed by atoms with E-state index in [2.05, 4.69) is 17.4 Å². The van der Waals surface area contributed by atoms with Crippen LogP contribution in [0, 0.1) is 0 Å². The lowest BCUT2D eigenvalue weighted by Crippen LogP contribution is -2.22. The molecule has 0 fully saturated rings. The molecule has 1 aromatic carbocycles. The Hall–Kier alpha value is -1.02. The second kappa shape index (κ2) is 2.55. The maximum Gasteiger partial charge on any atom is 0.0388 e. The summed E-state index contributed by atoms with van der Waals surface area (Å²) in [4.78, 5) is 0. The fourth-order valence-electron chi connectivity index (χ4n) is 1.50. The average molecular weight is 148 g/mol. The third-order valence-corrected chi connectivity index (χ3v) is 2.13. The monoisotopic (exact) mass is 148 g/mol. The fraction of sp³-hybridized carbons (Fsp3) is 0.333. The first-order chi connectivity index (χ1) is 5.38. The molecule has 2 nitrogen and oxygen atoms in total. The molecule has 0 unspecified atom stereocenters. The Morgan fingerprint density at radius 1 is 1.36 bits per heavy atom. The Balaban J connectivity index is 2.44. The number of fused-ring (bicyclic) bond motifs is 1. The molecule has 1 atom stereocenters. The molecule has 0 radical (unpaired) electrons. The van der Waals surface area contributed by atoms with E-state index in [9.17, 15) is 0 Å². The fourth-order valence-corrected chi connectivity index (χ4v) is 1.50. The van der Waals surface area contributed by atoms with Gasteiger partial charge < -0.3 is 11.1 Å². The average Bonchev–Trinajstić information content (AvgIpc) is 2.06. The van der Waals surface area contributed by atoms with Gasteiger partial charge in [-0.3, -0.25) is 0 Å². The Bertz CT molecular complexity index is 257. The van der Waals surface area contributed by atoms with E-state index in [-0.39, 0.29) is 6.04 Å². The number of nitrogens with one attached hydrogen (secondary N) is 1. The molecule has 1 heterocycles. The Kier molecular flexibility index (Phi) is 1.55. The molecule has 58 valence electrons. The van der Waals surface area contributed by atoms with Crippen molar-refractivity contribution < 1.29 is 0 Å². The smallest absolute Gasteiger partial charge is 0.0388 e. The zero-order valence-electron chi connectivity index (χ0n) is 6.38. The molecule has 3 N–H and O–H groups in total. The van der Waals surface area contributed by atoms with E-state index in [0.29, 0.717) is 0 Å². The number of rotatable bonds is 0. The van der Waals surface area contributed by atoms with Crippen molar-refractivity contribution in [2.45, 2.75) is 12.5 Å². The van der Waals surface area contributed by atoms with Crippen LogP contribution < -0.4 is 11.1 Å². The van der Waals surface area contributed by atoms with Gasteiger partial charge in [-0.05, 0) is 18.1 Å². The van der Waals surface area contributed by atoms with Crippen molar-refractivity contribution in [3.8, 4) is 0 Å². The maximum absolute atomic E-state index is 5.91. The Morgan fingerprint density at radius 2 is 2.18 bits per heavy atom. The van der Waals surface area contributed by atoms with Crippen LogP contribution in [0.2, 0.25) is 0 Å². The molecule has 0 spiro atoms. The number of benzene rings is 1. The van der Waals surface area contributed by atoms with E-state index in [1.54, 1.807) is 0 Å². The molecule has 11 heavy (non-hydrogen) atoms. The Morgan fingerprint density at radius 3 is 3.00 bits per heavy atom. The van der Waals surface area contributed by atoms with Gasteiger partial charge in [0.2, 0.25) is 0 Å². The summed E-state index contributed by atoms with van der Waals surface area (Å²) in [7, 11) is 0. The van der Waals surface area contributed by atoms with E-state index in [4.69, 9.17) is 5.73 Å². The van der Waals surface area contributed by atoms with Gasteiger partial charge >= 0.3 is 0 Å². The third-order valence-electron chi connectivity index (χ3n) is 2.13. The SMILES string of the molecule is N[C@@H]1CCNc2ccccc21. The minimum absolute atomic E-state index is 0.229. The van der Waals surface area contributed by atoms with Gasteiger partial charge in [-0.25, -0.2) is 0 Å². The summed E-state index contributed by atoms with van der Waals surface area (Å²) in [6.07, 6.45) is 1.04. The summed E-state index contributed by atoms with van der Waals surface area (Å²) in [6.45, 7) is 0.998. The van der Waals surface area contributed by atoms with Gasteiger partial charge in [-0.2, -0.15) is 0 Å². The normalized spacial score (nSPS) is 22.1. The molecular formula is C9H12N2. The quantitative estimate of drug-likeness (QED) is 0.585. The maximum atomic E-state index is 5.91. The predicted molar refractivity (Wildman–Crippen MR) is 46.5 cm³/mol. The predicted octanol–water partition coefficient (Wildman–Crippen LogP) is 1.50. The topological polar surface area (TPSA) is 38.0 Å². The molecule has 1 aliphatic heterocycles. The summed E-state index contributed by atoms with van der Waals surface area (Å²) in [6, 6.07) is 8.46. The van der Waals surface area contributed by atoms with Crippen LogP contribution in [0.1, 0.15) is 18.0 Å². The van der Waals surface area contributed by atoms with Crippen molar-refractivity contribution in [1.82, 2.24) is 0 Å². The van der Waals surface area contributed by atoms with Crippen molar-refractivity contribution in [3.05, 3.63) is 29.8 Å². The molecule has 2 heteroatoms. The standard InChI is InChI=1S/C9H12N2/c10-8-5-6-11-9-4-2-1-3-7(8)9/h1-4,8,11H,5-6,10H2/t8-/m1/s1. The van der Waals surface area contributed by atoms with Crippen LogP contribution in [0.25, 0.3) is 0 Å². The molecular weight excluding hydrogens is 136 g/mol. The summed E-state index contributed by atoms with van der Waals surface area (Å²) in [5.74, 6) is 0. The number of nitrogens with two attached hydrogens (primary N) is 1. The minimum atomic E-state index is 0.229. The van der Waals surface area contributed by atoms with Gasteiger partial charge in [0.05, 0.1) is 0 Å². The van der Waals surface area contributed by atoms with Gasteiger partial charge in [0.25, 0.3) is 0 Å². The molecule has 0 saturated carbocycles. The first kappa shape index (κ1) is 6.68. The summed E-state index contributed by atoms with van der Waals surface area (Å²) >= 11 is 0. The van der Waals surface area contributed by atoms with Gasteiger partial charge in [-0.15, -0.1) is 0 Å². The minimum Gasteiger partial charge on any atom is -0.385 e. The largest absolute Gasteiger partial charge is 0.385 e. The third kappa shape index (κ3) is 1.10. The first-order valence-corrected chi connectivity index (χ1v) is 3.96. The van der Waals surface area contributed by atoms with Crippen molar-refractivity contribution in [2.75, 3.05) is 11.9 Å². The van der Waals surface area contributed by atoms with E-state index in [0.717, 1.165) is 13.0 Å². The zero-order valence-corrected chi connectivity index (χ0v) is 6.38. The van der Waals surface area contributed by atoms with Crippen molar-refractivity contribution in [2.24, 2.45) is 5.73 Å². The Labute approximate surface area is 66.4 Å². The number of para-hydroxylation sites is 1. The van der Waals surface area contributed by atoms with E-state index >= 15 is 0 Å². The molecule has 0 amide bonds. The first-order valence-electron chi connectivity index (χ1n) is 3.96. The van der Waals surface area contributed by atoms with Crippen molar-refractivity contribution in [1.29, 1.82) is 0 Å². The summed E-state index contributed by atoms with van der Waals surface area (Å²) in [5.41, 5.74) is 8.36. The molecule has 1 aromatic rings. The zero-order chi connectivity index (χ0) is 7.68. The highest BCUT2D eigenvalue weighted by Gasteiger charge is 2.14. The van der Waals surface area contributed by atoms with Crippen LogP contribution >= 0.6 is 0 Å². The van der Waals surface area contributed by atoms with E-state index in [1.165, 1.54) is 11.3 Å². The van der Waals surface area contributed by atoms with Gasteiger partial charge in [-0.1, -0.05) is 18.2 Å². The van der Waals surface area contributed by atoms with Crippen LogP contribution in [0.3, 0.4) is 0 Å². The van der Waals surface area contributed by atoms with E-state index in [1.807, 2.05) is 12.1 Å². The van der Waals surface area contributed by atoms with Gasteiger partial charge in [0, 0.05) is 18.3 Å². The molecule has 0 aromatic heterocycles. The lowest BCUT2D eigenvalue weighted by Gasteiger charge is -2.23. The summed E-state index contributed by atoms with van der Waals surface area (Å²) in [5, 5.41) is 3.31. The highest BCUT2D eigenvalue weighted by atomic mass is 14.9. The van der Waals surface area contributed by atoms with Crippen LogP contribution in [0.15, 0.2) is 24.3 Å². The molecule has 0 saturated heterocycles. The van der Waals surface area contributed by atoms with Gasteiger partial charge in [0.15, 0.2) is 0 Å². The highest BCUT2D eigenvalue weighted by Crippen LogP contribution is 2.26. The highest BCUT2D eigenvalue weighted by molar-refractivity contribution is 5.54. The molecule has 0 bridgehead atoms.